The molecule has 3 rings (SSSR count). The number of aromatic amines is 1. The van der Waals surface area contributed by atoms with Gasteiger partial charge in [-0.2, -0.15) is 0 Å². The molecule has 2 aliphatic heterocycles. The van der Waals surface area contributed by atoms with Crippen molar-refractivity contribution < 1.29 is 19.4 Å². The number of H-pyrrole nitrogens is 1. The summed E-state index contributed by atoms with van der Waals surface area (Å²) in [6.07, 6.45) is 5.32. The molecule has 21 heavy (non-hydrogen) atoms. The number of fused-ring (bicyclic) bond motifs is 2. The number of likely N-dealkylation sites (tertiary alicyclic amines) is 1. The van der Waals surface area contributed by atoms with Crippen LogP contribution in [0.25, 0.3) is 0 Å². The van der Waals surface area contributed by atoms with Crippen molar-refractivity contribution in [2.75, 3.05) is 13.1 Å². The molecule has 114 valence electrons. The van der Waals surface area contributed by atoms with Crippen LogP contribution in [0.1, 0.15) is 18.5 Å². The molecule has 0 aromatic carbocycles. The van der Waals surface area contributed by atoms with Crippen LogP contribution in [0, 0.1) is 0 Å². The van der Waals surface area contributed by atoms with Gasteiger partial charge in [-0.25, -0.2) is 14.6 Å². The van der Waals surface area contributed by atoms with Crippen molar-refractivity contribution in [1.29, 1.82) is 0 Å². The van der Waals surface area contributed by atoms with E-state index in [0.29, 0.717) is 18.8 Å². The van der Waals surface area contributed by atoms with Gasteiger partial charge in [-0.3, -0.25) is 0 Å². The summed E-state index contributed by atoms with van der Waals surface area (Å²) < 4.78 is 5.66. The normalized spacial score (nSPS) is 25.6. The summed E-state index contributed by atoms with van der Waals surface area (Å²) in [5.41, 5.74) is 0.671. The van der Waals surface area contributed by atoms with Gasteiger partial charge in [0, 0.05) is 31.4 Å². The fourth-order valence-corrected chi connectivity index (χ4v) is 2.84. The number of nitrogens with zero attached hydrogens (tertiary/aromatic N) is 2. The lowest BCUT2D eigenvalue weighted by Crippen LogP contribution is -2.54. The highest BCUT2D eigenvalue weighted by Crippen LogP contribution is 2.26. The second-order valence-corrected chi connectivity index (χ2v) is 5.48. The minimum atomic E-state index is -1.06. The number of aliphatic carboxylic acids is 1. The SMILES string of the molecule is O=C(O)[C@@H](Cc1cnc[nH]1)NC(=O)N1CC2CCC(C1)O2. The average Bonchev–Trinajstić information content (AvgIpc) is 3.07. The fourth-order valence-electron chi connectivity index (χ4n) is 2.84. The Morgan fingerprint density at radius 1 is 1.48 bits per heavy atom. The topological polar surface area (TPSA) is 108 Å². The maximum atomic E-state index is 12.2. The van der Waals surface area contributed by atoms with Crippen molar-refractivity contribution in [1.82, 2.24) is 20.2 Å². The van der Waals surface area contributed by atoms with Crippen LogP contribution in [0.5, 0.6) is 0 Å². The van der Waals surface area contributed by atoms with Gasteiger partial charge in [0.15, 0.2) is 0 Å². The van der Waals surface area contributed by atoms with Gasteiger partial charge in [0.1, 0.15) is 6.04 Å². The predicted molar refractivity (Wildman–Crippen MR) is 71.7 cm³/mol. The van der Waals surface area contributed by atoms with Gasteiger partial charge in [-0.15, -0.1) is 0 Å². The number of ether oxygens (including phenoxy) is 1. The van der Waals surface area contributed by atoms with Crippen LogP contribution < -0.4 is 5.32 Å². The van der Waals surface area contributed by atoms with Crippen LogP contribution in [0.3, 0.4) is 0 Å². The first kappa shape index (κ1) is 13.9. The lowest BCUT2D eigenvalue weighted by Gasteiger charge is -2.32. The zero-order chi connectivity index (χ0) is 14.8. The van der Waals surface area contributed by atoms with E-state index < -0.39 is 12.0 Å². The molecule has 0 spiro atoms. The van der Waals surface area contributed by atoms with Crippen molar-refractivity contribution >= 4 is 12.0 Å². The molecule has 2 amide bonds. The fraction of sp³-hybridized carbons (Fsp3) is 0.615. The van der Waals surface area contributed by atoms with Gasteiger partial charge >= 0.3 is 12.0 Å². The number of hydrogen-bond acceptors (Lipinski definition) is 4. The number of imidazole rings is 1. The predicted octanol–water partition coefficient (Wildman–Crippen LogP) is -0.0218. The highest BCUT2D eigenvalue weighted by Gasteiger charge is 2.36. The Morgan fingerprint density at radius 2 is 2.19 bits per heavy atom. The zero-order valence-corrected chi connectivity index (χ0v) is 11.5. The highest BCUT2D eigenvalue weighted by molar-refractivity contribution is 5.82. The molecule has 0 radical (unpaired) electrons. The Balaban J connectivity index is 1.60. The summed E-state index contributed by atoms with van der Waals surface area (Å²) in [4.78, 5) is 31.9. The smallest absolute Gasteiger partial charge is 0.326 e. The molecular formula is C13H18N4O4. The van der Waals surface area contributed by atoms with Crippen molar-refractivity contribution in [3.63, 3.8) is 0 Å². The van der Waals surface area contributed by atoms with E-state index in [1.165, 1.54) is 6.33 Å². The van der Waals surface area contributed by atoms with E-state index in [9.17, 15) is 14.7 Å². The van der Waals surface area contributed by atoms with Crippen molar-refractivity contribution in [2.45, 2.75) is 37.5 Å². The van der Waals surface area contributed by atoms with Gasteiger partial charge in [0.05, 0.1) is 18.5 Å². The number of amides is 2. The monoisotopic (exact) mass is 294 g/mol. The van der Waals surface area contributed by atoms with E-state index in [2.05, 4.69) is 15.3 Å². The Kier molecular flexibility index (Phi) is 3.78. The number of carboxylic acids is 1. The standard InChI is InChI=1S/C13H18N4O4/c18-12(19)11(3-8-4-14-7-15-8)16-13(20)17-5-9-1-2-10(6-17)21-9/h4,7,9-11H,1-3,5-6H2,(H,14,15)(H,16,20)(H,18,19)/t9?,10?,11-/m1/s1. The summed E-state index contributed by atoms with van der Waals surface area (Å²) in [6, 6.07) is -1.32. The Labute approximate surface area is 121 Å². The highest BCUT2D eigenvalue weighted by atomic mass is 16.5. The molecule has 2 saturated heterocycles. The molecular weight excluding hydrogens is 276 g/mol. The molecule has 1 aromatic heterocycles. The Hall–Kier alpha value is -2.09. The number of morpholine rings is 1. The molecule has 2 bridgehead atoms. The van der Waals surface area contributed by atoms with Crippen LogP contribution in [-0.2, 0) is 16.0 Å². The molecule has 3 N–H and O–H groups in total. The van der Waals surface area contributed by atoms with Crippen molar-refractivity contribution in [3.05, 3.63) is 18.2 Å². The van der Waals surface area contributed by atoms with Crippen LogP contribution >= 0.6 is 0 Å². The summed E-state index contributed by atoms with van der Waals surface area (Å²) in [7, 11) is 0. The number of hydrogen-bond donors (Lipinski definition) is 3. The lowest BCUT2D eigenvalue weighted by molar-refractivity contribution is -0.139. The number of urea groups is 1. The third-order valence-corrected chi connectivity index (χ3v) is 3.91. The number of aromatic nitrogens is 2. The third kappa shape index (κ3) is 3.15. The first-order chi connectivity index (χ1) is 10.1. The second-order valence-electron chi connectivity index (χ2n) is 5.48. The van der Waals surface area contributed by atoms with Gasteiger partial charge in [-0.1, -0.05) is 0 Å². The van der Waals surface area contributed by atoms with Gasteiger partial charge in [-0.05, 0) is 12.8 Å². The number of carbonyl (C=O) groups is 2. The van der Waals surface area contributed by atoms with E-state index in [1.54, 1.807) is 11.1 Å². The molecule has 3 heterocycles. The molecule has 0 aliphatic carbocycles. The van der Waals surface area contributed by atoms with Crippen LogP contribution in [0.15, 0.2) is 12.5 Å². The molecule has 8 heteroatoms. The number of carbonyl (C=O) groups excluding carboxylic acids is 1. The van der Waals surface area contributed by atoms with Gasteiger partial charge in [0.2, 0.25) is 0 Å². The molecule has 2 aliphatic rings. The summed E-state index contributed by atoms with van der Waals surface area (Å²) in [6.45, 7) is 1.05. The Morgan fingerprint density at radius 3 is 2.76 bits per heavy atom. The minimum Gasteiger partial charge on any atom is -0.480 e. The maximum Gasteiger partial charge on any atom is 0.326 e. The zero-order valence-electron chi connectivity index (χ0n) is 11.5. The Bertz CT molecular complexity index is 506. The molecule has 2 unspecified atom stereocenters. The lowest BCUT2D eigenvalue weighted by atomic mass is 10.1. The van der Waals surface area contributed by atoms with Crippen LogP contribution in [0.2, 0.25) is 0 Å². The minimum absolute atomic E-state index is 0.0883. The molecule has 1 aromatic rings. The number of rotatable bonds is 4. The molecule has 3 atom stereocenters. The summed E-state index contributed by atoms with van der Waals surface area (Å²) >= 11 is 0. The molecule has 0 saturated carbocycles. The first-order valence-electron chi connectivity index (χ1n) is 7.03. The largest absolute Gasteiger partial charge is 0.480 e. The van der Waals surface area contributed by atoms with E-state index in [4.69, 9.17) is 4.74 Å². The van der Waals surface area contributed by atoms with Crippen molar-refractivity contribution in [3.8, 4) is 0 Å². The quantitative estimate of drug-likeness (QED) is 0.723. The average molecular weight is 294 g/mol. The first-order valence-corrected chi connectivity index (χ1v) is 7.03. The van der Waals surface area contributed by atoms with E-state index >= 15 is 0 Å². The summed E-state index contributed by atoms with van der Waals surface area (Å²) in [5, 5.41) is 11.8. The second kappa shape index (κ2) is 5.72. The van der Waals surface area contributed by atoms with Gasteiger partial charge < -0.3 is 25.0 Å². The van der Waals surface area contributed by atoms with Crippen LogP contribution in [-0.4, -0.2) is 63.3 Å². The number of nitrogens with one attached hydrogen (secondary N) is 2. The van der Waals surface area contributed by atoms with E-state index in [1.807, 2.05) is 0 Å². The summed E-state index contributed by atoms with van der Waals surface area (Å²) in [5.74, 6) is -1.06. The van der Waals surface area contributed by atoms with Crippen molar-refractivity contribution in [2.24, 2.45) is 0 Å². The van der Waals surface area contributed by atoms with Crippen LogP contribution in [0.4, 0.5) is 4.79 Å². The maximum absolute atomic E-state index is 12.2. The van der Waals surface area contributed by atoms with E-state index in [0.717, 1.165) is 12.8 Å². The van der Waals surface area contributed by atoms with Gasteiger partial charge in [0.25, 0.3) is 0 Å². The van der Waals surface area contributed by atoms with E-state index in [-0.39, 0.29) is 24.7 Å². The molecule has 2 fully saturated rings. The number of carboxylic acid groups (broad SMARTS) is 1. The third-order valence-electron chi connectivity index (χ3n) is 3.91. The molecule has 8 nitrogen and oxygen atoms in total.